The monoisotopic (exact) mass is 266 g/mol. The van der Waals surface area contributed by atoms with Gasteiger partial charge in [0.2, 0.25) is 0 Å². The molecule has 1 aliphatic carbocycles. The molecule has 0 amide bonds. The third kappa shape index (κ3) is 2.22. The van der Waals surface area contributed by atoms with Crippen LogP contribution < -0.4 is 0 Å². The van der Waals surface area contributed by atoms with Gasteiger partial charge in [-0.05, 0) is 54.0 Å². The van der Waals surface area contributed by atoms with E-state index in [4.69, 9.17) is 0 Å². The summed E-state index contributed by atoms with van der Waals surface area (Å²) in [6, 6.07) is 14.0. The van der Waals surface area contributed by atoms with Crippen molar-refractivity contribution in [3.05, 3.63) is 59.2 Å². The standard InChI is InChI=1S/C18H18O2/c1-12-16(9-4-10-17(12)18(19)20)15-8-3-7-14(11-15)13-5-2-6-13/h3-4,7-11,13H,2,5-6H2,1H3,(H,19,20). The molecule has 20 heavy (non-hydrogen) atoms. The van der Waals surface area contributed by atoms with Crippen molar-refractivity contribution in [3.8, 4) is 11.1 Å². The van der Waals surface area contributed by atoms with Crippen LogP contribution in [0.2, 0.25) is 0 Å². The molecule has 0 radical (unpaired) electrons. The van der Waals surface area contributed by atoms with Gasteiger partial charge in [-0.2, -0.15) is 0 Å². The molecule has 0 aliphatic heterocycles. The van der Waals surface area contributed by atoms with E-state index in [-0.39, 0.29) is 0 Å². The minimum absolute atomic E-state index is 0.386. The molecule has 0 bridgehead atoms. The van der Waals surface area contributed by atoms with E-state index in [0.29, 0.717) is 11.5 Å². The van der Waals surface area contributed by atoms with Crippen LogP contribution in [0.5, 0.6) is 0 Å². The average molecular weight is 266 g/mol. The van der Waals surface area contributed by atoms with E-state index in [2.05, 4.69) is 24.3 Å². The molecular formula is C18H18O2. The Kier molecular flexibility index (Phi) is 3.31. The highest BCUT2D eigenvalue weighted by Crippen LogP contribution is 2.38. The van der Waals surface area contributed by atoms with E-state index in [0.717, 1.165) is 16.7 Å². The lowest BCUT2D eigenvalue weighted by molar-refractivity contribution is 0.0696. The molecule has 0 aromatic heterocycles. The number of hydrogen-bond acceptors (Lipinski definition) is 1. The molecule has 1 aliphatic rings. The zero-order chi connectivity index (χ0) is 14.1. The normalized spacial score (nSPS) is 14.8. The summed E-state index contributed by atoms with van der Waals surface area (Å²) in [4.78, 5) is 11.2. The maximum Gasteiger partial charge on any atom is 0.335 e. The van der Waals surface area contributed by atoms with E-state index in [1.807, 2.05) is 19.1 Å². The highest BCUT2D eigenvalue weighted by atomic mass is 16.4. The third-order valence-electron chi connectivity index (χ3n) is 4.34. The molecule has 2 aromatic carbocycles. The van der Waals surface area contributed by atoms with Crippen molar-refractivity contribution >= 4 is 5.97 Å². The number of aromatic carboxylic acids is 1. The van der Waals surface area contributed by atoms with E-state index in [9.17, 15) is 9.90 Å². The van der Waals surface area contributed by atoms with Gasteiger partial charge in [-0.15, -0.1) is 0 Å². The number of rotatable bonds is 3. The van der Waals surface area contributed by atoms with Crippen molar-refractivity contribution in [2.45, 2.75) is 32.1 Å². The number of benzene rings is 2. The van der Waals surface area contributed by atoms with Gasteiger partial charge in [0, 0.05) is 0 Å². The van der Waals surface area contributed by atoms with Crippen LogP contribution in [-0.4, -0.2) is 11.1 Å². The Morgan fingerprint density at radius 2 is 1.90 bits per heavy atom. The minimum atomic E-state index is -0.862. The van der Waals surface area contributed by atoms with E-state index in [1.165, 1.54) is 24.8 Å². The van der Waals surface area contributed by atoms with Crippen LogP contribution >= 0.6 is 0 Å². The van der Waals surface area contributed by atoms with E-state index < -0.39 is 5.97 Å². The van der Waals surface area contributed by atoms with Gasteiger partial charge in [0.15, 0.2) is 0 Å². The Labute approximate surface area is 119 Å². The largest absolute Gasteiger partial charge is 0.478 e. The number of carboxylic acid groups (broad SMARTS) is 1. The summed E-state index contributed by atoms with van der Waals surface area (Å²) in [5, 5.41) is 9.23. The first kappa shape index (κ1) is 12.9. The molecular weight excluding hydrogens is 248 g/mol. The summed E-state index contributed by atoms with van der Waals surface area (Å²) in [7, 11) is 0. The number of hydrogen-bond donors (Lipinski definition) is 1. The van der Waals surface area contributed by atoms with Gasteiger partial charge in [0.05, 0.1) is 5.56 Å². The quantitative estimate of drug-likeness (QED) is 0.879. The Hall–Kier alpha value is -2.09. The van der Waals surface area contributed by atoms with Crippen molar-refractivity contribution < 1.29 is 9.90 Å². The molecule has 102 valence electrons. The Bertz CT molecular complexity index is 654. The van der Waals surface area contributed by atoms with Gasteiger partial charge in [0.1, 0.15) is 0 Å². The third-order valence-corrected chi connectivity index (χ3v) is 4.34. The SMILES string of the molecule is Cc1c(C(=O)O)cccc1-c1cccc(C2CCC2)c1. The molecule has 1 N–H and O–H groups in total. The van der Waals surface area contributed by atoms with Crippen molar-refractivity contribution in [2.24, 2.45) is 0 Å². The predicted molar refractivity (Wildman–Crippen MR) is 80.2 cm³/mol. The fourth-order valence-corrected chi connectivity index (χ4v) is 2.88. The lowest BCUT2D eigenvalue weighted by Gasteiger charge is -2.26. The van der Waals surface area contributed by atoms with E-state index >= 15 is 0 Å². The lowest BCUT2D eigenvalue weighted by Crippen LogP contribution is -2.08. The summed E-state index contributed by atoms with van der Waals surface area (Å²) < 4.78 is 0. The van der Waals surface area contributed by atoms with Crippen LogP contribution in [0.25, 0.3) is 11.1 Å². The Balaban J connectivity index is 2.04. The first-order valence-electron chi connectivity index (χ1n) is 7.10. The lowest BCUT2D eigenvalue weighted by atomic mass is 9.79. The highest BCUT2D eigenvalue weighted by Gasteiger charge is 2.20. The number of carboxylic acids is 1. The van der Waals surface area contributed by atoms with Gasteiger partial charge in [-0.1, -0.05) is 42.8 Å². The van der Waals surface area contributed by atoms with E-state index in [1.54, 1.807) is 6.07 Å². The second-order valence-corrected chi connectivity index (χ2v) is 5.54. The minimum Gasteiger partial charge on any atom is -0.478 e. The molecule has 0 atom stereocenters. The van der Waals surface area contributed by atoms with Gasteiger partial charge in [0.25, 0.3) is 0 Å². The smallest absolute Gasteiger partial charge is 0.335 e. The molecule has 1 saturated carbocycles. The van der Waals surface area contributed by atoms with Crippen LogP contribution in [0, 0.1) is 6.92 Å². The number of carbonyl (C=O) groups is 1. The predicted octanol–water partition coefficient (Wildman–Crippen LogP) is 4.63. The fraction of sp³-hybridized carbons (Fsp3) is 0.278. The van der Waals surface area contributed by atoms with Crippen LogP contribution in [0.15, 0.2) is 42.5 Å². The Morgan fingerprint density at radius 3 is 2.55 bits per heavy atom. The summed E-state index contributed by atoms with van der Waals surface area (Å²) >= 11 is 0. The molecule has 2 nitrogen and oxygen atoms in total. The summed E-state index contributed by atoms with van der Waals surface area (Å²) in [6.45, 7) is 1.88. The Morgan fingerprint density at radius 1 is 1.15 bits per heavy atom. The van der Waals surface area contributed by atoms with Crippen molar-refractivity contribution in [1.82, 2.24) is 0 Å². The molecule has 0 unspecified atom stereocenters. The summed E-state index contributed by atoms with van der Waals surface area (Å²) in [5.74, 6) is -0.169. The molecule has 0 saturated heterocycles. The molecule has 2 aromatic rings. The zero-order valence-corrected chi connectivity index (χ0v) is 11.6. The van der Waals surface area contributed by atoms with Gasteiger partial charge >= 0.3 is 5.97 Å². The maximum absolute atomic E-state index is 11.2. The first-order chi connectivity index (χ1) is 9.66. The van der Waals surface area contributed by atoms with Crippen LogP contribution in [-0.2, 0) is 0 Å². The summed E-state index contributed by atoms with van der Waals surface area (Å²) in [6.07, 6.45) is 3.87. The fourth-order valence-electron chi connectivity index (χ4n) is 2.88. The van der Waals surface area contributed by atoms with Crippen LogP contribution in [0.4, 0.5) is 0 Å². The topological polar surface area (TPSA) is 37.3 Å². The van der Waals surface area contributed by atoms with Crippen LogP contribution in [0.1, 0.15) is 46.7 Å². The van der Waals surface area contributed by atoms with Gasteiger partial charge < -0.3 is 5.11 Å². The first-order valence-corrected chi connectivity index (χ1v) is 7.10. The van der Waals surface area contributed by atoms with Crippen molar-refractivity contribution in [3.63, 3.8) is 0 Å². The molecule has 0 heterocycles. The molecule has 3 rings (SSSR count). The second kappa shape index (κ2) is 5.12. The highest BCUT2D eigenvalue weighted by molar-refractivity contribution is 5.92. The maximum atomic E-state index is 11.2. The van der Waals surface area contributed by atoms with Crippen molar-refractivity contribution in [1.29, 1.82) is 0 Å². The zero-order valence-electron chi connectivity index (χ0n) is 11.6. The molecule has 0 spiro atoms. The average Bonchev–Trinajstić information content (AvgIpc) is 2.37. The second-order valence-electron chi connectivity index (χ2n) is 5.54. The molecule has 1 fully saturated rings. The van der Waals surface area contributed by atoms with Crippen molar-refractivity contribution in [2.75, 3.05) is 0 Å². The molecule has 2 heteroatoms. The van der Waals surface area contributed by atoms with Gasteiger partial charge in [-0.3, -0.25) is 0 Å². The summed E-state index contributed by atoms with van der Waals surface area (Å²) in [5.41, 5.74) is 4.75. The van der Waals surface area contributed by atoms with Gasteiger partial charge in [-0.25, -0.2) is 4.79 Å². The van der Waals surface area contributed by atoms with Crippen LogP contribution in [0.3, 0.4) is 0 Å².